The molecule has 1 atom stereocenters. The van der Waals surface area contributed by atoms with Crippen LogP contribution in [-0.2, 0) is 6.42 Å². The molecule has 3 aromatic carbocycles. The van der Waals surface area contributed by atoms with Crippen LogP contribution in [0.2, 0.25) is 5.02 Å². The van der Waals surface area contributed by atoms with E-state index >= 15 is 0 Å². The predicted molar refractivity (Wildman–Crippen MR) is 99.9 cm³/mol. The summed E-state index contributed by atoms with van der Waals surface area (Å²) in [7, 11) is 1.63. The molecule has 0 radical (unpaired) electrons. The van der Waals surface area contributed by atoms with Crippen LogP contribution in [0.4, 0.5) is 5.69 Å². The van der Waals surface area contributed by atoms with Crippen molar-refractivity contribution in [2.24, 2.45) is 0 Å². The summed E-state index contributed by atoms with van der Waals surface area (Å²) in [5, 5.41) is 4.25. The summed E-state index contributed by atoms with van der Waals surface area (Å²) in [6.45, 7) is 0. The fourth-order valence-electron chi connectivity index (χ4n) is 3.27. The van der Waals surface area contributed by atoms with Crippen molar-refractivity contribution in [1.82, 2.24) is 0 Å². The quantitative estimate of drug-likeness (QED) is 0.660. The fourth-order valence-corrected chi connectivity index (χ4v) is 3.54. The van der Waals surface area contributed by atoms with Crippen molar-refractivity contribution in [2.75, 3.05) is 12.4 Å². The molecule has 0 fully saturated rings. The maximum atomic E-state index is 6.27. The highest BCUT2D eigenvalue weighted by Gasteiger charge is 2.23. The van der Waals surface area contributed by atoms with E-state index in [9.17, 15) is 0 Å². The van der Waals surface area contributed by atoms with E-state index in [1.807, 2.05) is 18.2 Å². The molecule has 24 heavy (non-hydrogen) atoms. The summed E-state index contributed by atoms with van der Waals surface area (Å²) in [5.41, 5.74) is 6.22. The van der Waals surface area contributed by atoms with Gasteiger partial charge in [0.1, 0.15) is 5.75 Å². The third kappa shape index (κ3) is 2.74. The van der Waals surface area contributed by atoms with Crippen LogP contribution in [0.25, 0.3) is 11.1 Å². The second-order valence-corrected chi connectivity index (χ2v) is 6.44. The number of nitrogens with one attached hydrogen (secondary N) is 1. The molecule has 1 heterocycles. The van der Waals surface area contributed by atoms with Crippen molar-refractivity contribution in [3.05, 3.63) is 82.9 Å². The summed E-state index contributed by atoms with van der Waals surface area (Å²) >= 11 is 6.27. The SMILES string of the molecule is COc1ccc(C2Cc3cc(-c4ccccc4)ccc3N2)cc1Cl. The molecule has 1 aliphatic rings. The van der Waals surface area contributed by atoms with Crippen molar-refractivity contribution in [3.63, 3.8) is 0 Å². The van der Waals surface area contributed by atoms with E-state index in [4.69, 9.17) is 16.3 Å². The van der Waals surface area contributed by atoms with Crippen LogP contribution in [0.5, 0.6) is 5.75 Å². The number of anilines is 1. The number of hydrogen-bond donors (Lipinski definition) is 1. The van der Waals surface area contributed by atoms with Gasteiger partial charge in [-0.05, 0) is 52.9 Å². The number of hydrogen-bond acceptors (Lipinski definition) is 2. The zero-order valence-corrected chi connectivity index (χ0v) is 14.2. The van der Waals surface area contributed by atoms with E-state index in [1.54, 1.807) is 7.11 Å². The van der Waals surface area contributed by atoms with Crippen LogP contribution in [0.1, 0.15) is 17.2 Å². The molecule has 120 valence electrons. The Bertz CT molecular complexity index is 876. The van der Waals surface area contributed by atoms with Gasteiger partial charge in [0.2, 0.25) is 0 Å². The first-order valence-electron chi connectivity index (χ1n) is 8.03. The van der Waals surface area contributed by atoms with Gasteiger partial charge < -0.3 is 10.1 Å². The summed E-state index contributed by atoms with van der Waals surface area (Å²) in [4.78, 5) is 0. The molecule has 3 heteroatoms. The molecule has 0 spiro atoms. The average Bonchev–Trinajstić information content (AvgIpc) is 3.05. The molecule has 1 aliphatic heterocycles. The van der Waals surface area contributed by atoms with E-state index in [-0.39, 0.29) is 6.04 Å². The summed E-state index contributed by atoms with van der Waals surface area (Å²) in [6.07, 6.45) is 0.957. The van der Waals surface area contributed by atoms with E-state index in [2.05, 4.69) is 53.8 Å². The summed E-state index contributed by atoms with van der Waals surface area (Å²) < 4.78 is 5.24. The van der Waals surface area contributed by atoms with Gasteiger partial charge in [0.15, 0.2) is 0 Å². The molecule has 0 aliphatic carbocycles. The third-order valence-corrected chi connectivity index (χ3v) is 4.84. The van der Waals surface area contributed by atoms with Crippen molar-refractivity contribution in [2.45, 2.75) is 12.5 Å². The lowest BCUT2D eigenvalue weighted by molar-refractivity contribution is 0.415. The molecule has 0 aromatic heterocycles. The largest absolute Gasteiger partial charge is 0.495 e. The van der Waals surface area contributed by atoms with Gasteiger partial charge in [0.05, 0.1) is 18.2 Å². The van der Waals surface area contributed by atoms with Crippen molar-refractivity contribution >= 4 is 17.3 Å². The Kier molecular flexibility index (Phi) is 3.91. The van der Waals surface area contributed by atoms with Gasteiger partial charge in [-0.3, -0.25) is 0 Å². The van der Waals surface area contributed by atoms with E-state index in [0.717, 1.165) is 6.42 Å². The highest BCUT2D eigenvalue weighted by atomic mass is 35.5. The first-order valence-corrected chi connectivity index (χ1v) is 8.41. The van der Waals surface area contributed by atoms with Crippen LogP contribution in [0, 0.1) is 0 Å². The van der Waals surface area contributed by atoms with Crippen molar-refractivity contribution in [3.8, 4) is 16.9 Å². The Morgan fingerprint density at radius 3 is 2.54 bits per heavy atom. The van der Waals surface area contributed by atoms with Gasteiger partial charge >= 0.3 is 0 Å². The Morgan fingerprint density at radius 2 is 1.79 bits per heavy atom. The smallest absolute Gasteiger partial charge is 0.137 e. The monoisotopic (exact) mass is 335 g/mol. The Balaban J connectivity index is 1.61. The minimum Gasteiger partial charge on any atom is -0.495 e. The van der Waals surface area contributed by atoms with Gasteiger partial charge in [-0.15, -0.1) is 0 Å². The Morgan fingerprint density at radius 1 is 0.958 bits per heavy atom. The second-order valence-electron chi connectivity index (χ2n) is 6.03. The maximum Gasteiger partial charge on any atom is 0.137 e. The lowest BCUT2D eigenvalue weighted by atomic mass is 9.99. The number of methoxy groups -OCH3 is 1. The Labute approximate surface area is 147 Å². The van der Waals surface area contributed by atoms with E-state index in [0.29, 0.717) is 10.8 Å². The van der Waals surface area contributed by atoms with E-state index < -0.39 is 0 Å². The number of benzene rings is 3. The standard InChI is InChI=1S/C21H18ClNO/c1-24-21-10-8-16(12-18(21)22)20-13-17-11-15(7-9-19(17)23-20)14-5-3-2-4-6-14/h2-12,20,23H,13H2,1H3. The first kappa shape index (κ1) is 15.1. The van der Waals surface area contributed by atoms with Crippen LogP contribution in [0.3, 0.4) is 0 Å². The molecule has 0 amide bonds. The topological polar surface area (TPSA) is 21.3 Å². The molecule has 0 saturated carbocycles. The van der Waals surface area contributed by atoms with Crippen LogP contribution >= 0.6 is 11.6 Å². The molecular formula is C21H18ClNO. The third-order valence-electron chi connectivity index (χ3n) is 4.54. The highest BCUT2D eigenvalue weighted by molar-refractivity contribution is 6.32. The lowest BCUT2D eigenvalue weighted by Gasteiger charge is -2.13. The second kappa shape index (κ2) is 6.21. The minimum atomic E-state index is 0.245. The molecule has 1 N–H and O–H groups in total. The van der Waals surface area contributed by atoms with Gasteiger partial charge in [0, 0.05) is 5.69 Å². The van der Waals surface area contributed by atoms with E-state index in [1.165, 1.54) is 27.9 Å². The van der Waals surface area contributed by atoms with Crippen molar-refractivity contribution in [1.29, 1.82) is 0 Å². The average molecular weight is 336 g/mol. The van der Waals surface area contributed by atoms with Crippen LogP contribution in [0.15, 0.2) is 66.7 Å². The maximum absolute atomic E-state index is 6.27. The molecule has 3 aromatic rings. The molecular weight excluding hydrogens is 318 g/mol. The highest BCUT2D eigenvalue weighted by Crippen LogP contribution is 2.38. The van der Waals surface area contributed by atoms with Crippen LogP contribution < -0.4 is 10.1 Å². The lowest BCUT2D eigenvalue weighted by Crippen LogP contribution is -2.05. The predicted octanol–water partition coefficient (Wildman–Crippen LogP) is 5.72. The summed E-state index contributed by atoms with van der Waals surface area (Å²) in [5.74, 6) is 0.710. The van der Waals surface area contributed by atoms with Crippen LogP contribution in [-0.4, -0.2) is 7.11 Å². The first-order chi connectivity index (χ1) is 11.7. The Hall–Kier alpha value is -2.45. The zero-order chi connectivity index (χ0) is 16.5. The van der Waals surface area contributed by atoms with Gasteiger partial charge in [-0.25, -0.2) is 0 Å². The molecule has 0 bridgehead atoms. The normalized spacial score (nSPS) is 15.7. The number of fused-ring (bicyclic) bond motifs is 1. The number of rotatable bonds is 3. The molecule has 1 unspecified atom stereocenters. The van der Waals surface area contributed by atoms with Gasteiger partial charge in [-0.2, -0.15) is 0 Å². The summed E-state index contributed by atoms with van der Waals surface area (Å²) in [6, 6.07) is 23.3. The van der Waals surface area contributed by atoms with Crippen molar-refractivity contribution < 1.29 is 4.74 Å². The number of ether oxygens (including phenoxy) is 1. The molecule has 0 saturated heterocycles. The van der Waals surface area contributed by atoms with Gasteiger partial charge in [-0.1, -0.05) is 54.1 Å². The zero-order valence-electron chi connectivity index (χ0n) is 13.4. The molecule has 2 nitrogen and oxygen atoms in total. The molecule has 4 rings (SSSR count). The fraction of sp³-hybridized carbons (Fsp3) is 0.143. The van der Waals surface area contributed by atoms with Gasteiger partial charge in [0.25, 0.3) is 0 Å². The number of halogens is 1. The minimum absolute atomic E-state index is 0.245.